The van der Waals surface area contributed by atoms with Gasteiger partial charge in [-0.25, -0.2) is 8.78 Å². The van der Waals surface area contributed by atoms with E-state index < -0.39 is 29.0 Å². The maximum absolute atomic E-state index is 13.0. The highest BCUT2D eigenvalue weighted by molar-refractivity contribution is 5.94. The summed E-state index contributed by atoms with van der Waals surface area (Å²) in [5.41, 5.74) is -0.761. The Balaban J connectivity index is 2.72. The van der Waals surface area contributed by atoms with Crippen LogP contribution in [0, 0.1) is 11.6 Å². The van der Waals surface area contributed by atoms with Crippen LogP contribution in [0.15, 0.2) is 18.2 Å². The van der Waals surface area contributed by atoms with Crippen molar-refractivity contribution in [3.05, 3.63) is 35.4 Å². The SMILES string of the molecule is CC(C)(CCC(=O)O)NC(=O)c1ccc(F)c(F)c1. The molecule has 0 spiro atoms. The molecule has 0 unspecified atom stereocenters. The number of carboxylic acid groups (broad SMARTS) is 1. The molecule has 1 aromatic rings. The summed E-state index contributed by atoms with van der Waals surface area (Å²) in [6.07, 6.45) is 0.142. The van der Waals surface area contributed by atoms with Crippen molar-refractivity contribution < 1.29 is 23.5 Å². The predicted octanol–water partition coefficient (Wildman–Crippen LogP) is 2.34. The van der Waals surface area contributed by atoms with Crippen LogP contribution in [0.25, 0.3) is 0 Å². The van der Waals surface area contributed by atoms with Crippen LogP contribution >= 0.6 is 0 Å². The third-order valence-electron chi connectivity index (χ3n) is 2.60. The monoisotopic (exact) mass is 271 g/mol. The molecular formula is C13H15F2NO3. The molecule has 4 nitrogen and oxygen atoms in total. The Kier molecular flexibility index (Phi) is 4.58. The first-order chi connectivity index (χ1) is 8.71. The van der Waals surface area contributed by atoms with Gasteiger partial charge < -0.3 is 10.4 Å². The van der Waals surface area contributed by atoms with E-state index >= 15 is 0 Å². The first kappa shape index (κ1) is 15.1. The van der Waals surface area contributed by atoms with E-state index in [1.54, 1.807) is 13.8 Å². The summed E-state index contributed by atoms with van der Waals surface area (Å²) < 4.78 is 25.7. The molecule has 0 radical (unpaired) electrons. The van der Waals surface area contributed by atoms with Gasteiger partial charge in [0, 0.05) is 17.5 Å². The molecule has 0 aromatic heterocycles. The van der Waals surface area contributed by atoms with Crippen molar-refractivity contribution in [3.8, 4) is 0 Å². The van der Waals surface area contributed by atoms with Gasteiger partial charge in [0.05, 0.1) is 0 Å². The van der Waals surface area contributed by atoms with Crippen LogP contribution in [0.2, 0.25) is 0 Å². The second-order valence-corrected chi connectivity index (χ2v) is 4.86. The van der Waals surface area contributed by atoms with Gasteiger partial charge in [-0.3, -0.25) is 9.59 Å². The first-order valence-electron chi connectivity index (χ1n) is 5.70. The summed E-state index contributed by atoms with van der Waals surface area (Å²) in [5.74, 6) is -3.66. The molecule has 104 valence electrons. The lowest BCUT2D eigenvalue weighted by Crippen LogP contribution is -2.43. The summed E-state index contributed by atoms with van der Waals surface area (Å²) in [7, 11) is 0. The fourth-order valence-electron chi connectivity index (χ4n) is 1.50. The average molecular weight is 271 g/mol. The number of amides is 1. The maximum Gasteiger partial charge on any atom is 0.303 e. The Bertz CT molecular complexity index is 501. The van der Waals surface area contributed by atoms with E-state index in [-0.39, 0.29) is 18.4 Å². The van der Waals surface area contributed by atoms with Crippen LogP contribution in [0.1, 0.15) is 37.0 Å². The summed E-state index contributed by atoms with van der Waals surface area (Å²) in [4.78, 5) is 22.3. The number of rotatable bonds is 5. The number of hydrogen-bond acceptors (Lipinski definition) is 2. The molecular weight excluding hydrogens is 256 g/mol. The molecule has 0 saturated heterocycles. The molecule has 0 aliphatic rings. The van der Waals surface area contributed by atoms with E-state index in [4.69, 9.17) is 5.11 Å². The Morgan fingerprint density at radius 2 is 1.89 bits per heavy atom. The highest BCUT2D eigenvalue weighted by Crippen LogP contribution is 2.14. The molecule has 1 rings (SSSR count). The fourth-order valence-corrected chi connectivity index (χ4v) is 1.50. The zero-order valence-electron chi connectivity index (χ0n) is 10.7. The zero-order chi connectivity index (χ0) is 14.6. The Hall–Kier alpha value is -1.98. The molecule has 1 aromatic carbocycles. The minimum Gasteiger partial charge on any atom is -0.481 e. The van der Waals surface area contributed by atoms with Gasteiger partial charge in [-0.15, -0.1) is 0 Å². The van der Waals surface area contributed by atoms with Gasteiger partial charge in [0.15, 0.2) is 11.6 Å². The van der Waals surface area contributed by atoms with Gasteiger partial charge in [-0.05, 0) is 38.5 Å². The smallest absolute Gasteiger partial charge is 0.303 e. The van der Waals surface area contributed by atoms with Gasteiger partial charge in [0.2, 0.25) is 0 Å². The lowest BCUT2D eigenvalue weighted by atomic mass is 9.97. The molecule has 0 aliphatic heterocycles. The van der Waals surface area contributed by atoms with Crippen LogP contribution in [0.3, 0.4) is 0 Å². The Morgan fingerprint density at radius 3 is 2.42 bits per heavy atom. The van der Waals surface area contributed by atoms with Crippen molar-refractivity contribution in [2.45, 2.75) is 32.2 Å². The van der Waals surface area contributed by atoms with Crippen LogP contribution in [0.4, 0.5) is 8.78 Å². The highest BCUT2D eigenvalue weighted by Gasteiger charge is 2.22. The molecule has 19 heavy (non-hydrogen) atoms. The van der Waals surface area contributed by atoms with Crippen molar-refractivity contribution in [3.63, 3.8) is 0 Å². The number of carboxylic acids is 1. The second kappa shape index (κ2) is 5.77. The number of carbonyl (C=O) groups is 2. The molecule has 0 fully saturated rings. The molecule has 0 saturated carbocycles. The predicted molar refractivity (Wildman–Crippen MR) is 64.8 cm³/mol. The van der Waals surface area contributed by atoms with Crippen molar-refractivity contribution in [2.24, 2.45) is 0 Å². The second-order valence-electron chi connectivity index (χ2n) is 4.86. The third kappa shape index (κ3) is 4.65. The molecule has 0 heterocycles. The molecule has 0 atom stereocenters. The molecule has 6 heteroatoms. The number of carbonyl (C=O) groups excluding carboxylic acids is 1. The normalized spacial score (nSPS) is 11.2. The van der Waals surface area contributed by atoms with Gasteiger partial charge in [0.1, 0.15) is 0 Å². The van der Waals surface area contributed by atoms with E-state index in [9.17, 15) is 18.4 Å². The summed E-state index contributed by atoms with van der Waals surface area (Å²) in [6.45, 7) is 3.32. The van der Waals surface area contributed by atoms with Crippen molar-refractivity contribution in [1.82, 2.24) is 5.32 Å². The molecule has 1 amide bonds. The minimum absolute atomic E-state index is 0.0118. The standard InChI is InChI=1S/C13H15F2NO3/c1-13(2,6-5-11(17)18)16-12(19)8-3-4-9(14)10(15)7-8/h3-4,7H,5-6H2,1-2H3,(H,16,19)(H,17,18). The molecule has 0 bridgehead atoms. The number of halogens is 2. The van der Waals surface area contributed by atoms with E-state index in [1.807, 2.05) is 0 Å². The Morgan fingerprint density at radius 1 is 1.26 bits per heavy atom. The van der Waals surface area contributed by atoms with Crippen LogP contribution < -0.4 is 5.32 Å². The van der Waals surface area contributed by atoms with E-state index in [2.05, 4.69) is 5.32 Å². The topological polar surface area (TPSA) is 66.4 Å². The van der Waals surface area contributed by atoms with Gasteiger partial charge in [-0.2, -0.15) is 0 Å². The van der Waals surface area contributed by atoms with E-state index in [1.165, 1.54) is 6.07 Å². The Labute approximate surface area is 109 Å². The summed E-state index contributed by atoms with van der Waals surface area (Å²) in [5, 5.41) is 11.2. The van der Waals surface area contributed by atoms with Crippen LogP contribution in [0.5, 0.6) is 0 Å². The molecule has 0 aliphatic carbocycles. The largest absolute Gasteiger partial charge is 0.481 e. The average Bonchev–Trinajstić information content (AvgIpc) is 2.29. The lowest BCUT2D eigenvalue weighted by Gasteiger charge is -2.25. The summed E-state index contributed by atoms with van der Waals surface area (Å²) >= 11 is 0. The van der Waals surface area contributed by atoms with Gasteiger partial charge in [0.25, 0.3) is 5.91 Å². The van der Waals surface area contributed by atoms with E-state index in [0.29, 0.717) is 0 Å². The number of hydrogen-bond donors (Lipinski definition) is 2. The maximum atomic E-state index is 13.0. The van der Waals surface area contributed by atoms with Crippen LogP contribution in [-0.2, 0) is 4.79 Å². The van der Waals surface area contributed by atoms with Crippen LogP contribution in [-0.4, -0.2) is 22.5 Å². The summed E-state index contributed by atoms with van der Waals surface area (Å²) in [6, 6.07) is 2.84. The van der Waals surface area contributed by atoms with Crippen molar-refractivity contribution in [1.29, 1.82) is 0 Å². The number of benzene rings is 1. The van der Waals surface area contributed by atoms with E-state index in [0.717, 1.165) is 12.1 Å². The quantitative estimate of drug-likeness (QED) is 0.863. The molecule has 2 N–H and O–H groups in total. The third-order valence-corrected chi connectivity index (χ3v) is 2.60. The zero-order valence-corrected chi connectivity index (χ0v) is 10.7. The number of aliphatic carboxylic acids is 1. The van der Waals surface area contributed by atoms with Gasteiger partial charge in [-0.1, -0.05) is 0 Å². The van der Waals surface area contributed by atoms with Crippen molar-refractivity contribution in [2.75, 3.05) is 0 Å². The van der Waals surface area contributed by atoms with Crippen molar-refractivity contribution >= 4 is 11.9 Å². The highest BCUT2D eigenvalue weighted by atomic mass is 19.2. The first-order valence-corrected chi connectivity index (χ1v) is 5.70. The minimum atomic E-state index is -1.10. The van der Waals surface area contributed by atoms with Gasteiger partial charge >= 0.3 is 5.97 Å². The number of nitrogens with one attached hydrogen (secondary N) is 1. The fraction of sp³-hybridized carbons (Fsp3) is 0.385. The lowest BCUT2D eigenvalue weighted by molar-refractivity contribution is -0.137.